The third-order valence-electron chi connectivity index (χ3n) is 2.13. The van der Waals surface area contributed by atoms with Gasteiger partial charge in [-0.3, -0.25) is 0 Å². The van der Waals surface area contributed by atoms with Crippen LogP contribution < -0.4 is 0 Å². The molecule has 0 aliphatic rings. The quantitative estimate of drug-likeness (QED) is 0.420. The first-order valence-corrected chi connectivity index (χ1v) is 10.4. The number of hydrogen-bond donors (Lipinski definition) is 0. The van der Waals surface area contributed by atoms with Crippen molar-refractivity contribution in [1.29, 1.82) is 0 Å². The van der Waals surface area contributed by atoms with Gasteiger partial charge in [-0.2, -0.15) is 0 Å². The Kier molecular flexibility index (Phi) is 4.79. The standard InChI is InChI=1S/C9H10BrCl3Si/c1-7(14(11,12)13)9-4-2-8(6-10)3-5-9/h2-5,7H,6H2,1H3. The van der Waals surface area contributed by atoms with E-state index in [1.165, 1.54) is 5.56 Å². The summed E-state index contributed by atoms with van der Waals surface area (Å²) in [6.07, 6.45) is 0. The molecule has 1 atom stereocenters. The Morgan fingerprint density at radius 2 is 1.71 bits per heavy atom. The summed E-state index contributed by atoms with van der Waals surface area (Å²) in [6, 6.07) is 5.52. The highest BCUT2D eigenvalue weighted by molar-refractivity contribution is 9.08. The highest BCUT2D eigenvalue weighted by atomic mass is 79.9. The van der Waals surface area contributed by atoms with Crippen molar-refractivity contribution in [2.45, 2.75) is 17.8 Å². The molecule has 5 heteroatoms. The van der Waals surface area contributed by atoms with E-state index in [-0.39, 0.29) is 5.54 Å². The minimum Gasteiger partial charge on any atom is -0.125 e. The van der Waals surface area contributed by atoms with Gasteiger partial charge in [0.25, 0.3) is 0 Å². The lowest BCUT2D eigenvalue weighted by Crippen LogP contribution is -2.20. The molecule has 0 nitrogen and oxygen atoms in total. The molecule has 1 rings (SSSR count). The van der Waals surface area contributed by atoms with E-state index in [0.29, 0.717) is 0 Å². The molecule has 1 aromatic carbocycles. The maximum Gasteiger partial charge on any atom is 0.348 e. The molecule has 0 fully saturated rings. The van der Waals surface area contributed by atoms with Gasteiger partial charge in [-0.1, -0.05) is 47.1 Å². The van der Waals surface area contributed by atoms with E-state index in [2.05, 4.69) is 15.9 Å². The van der Waals surface area contributed by atoms with Crippen molar-refractivity contribution in [2.75, 3.05) is 0 Å². The number of alkyl halides is 1. The zero-order valence-corrected chi connectivity index (χ0v) is 12.5. The molecule has 0 saturated carbocycles. The van der Waals surface area contributed by atoms with Gasteiger partial charge in [0.15, 0.2) is 0 Å². The Labute approximate surface area is 108 Å². The second kappa shape index (κ2) is 5.22. The van der Waals surface area contributed by atoms with E-state index < -0.39 is 6.00 Å². The minimum atomic E-state index is -2.62. The van der Waals surface area contributed by atoms with Crippen LogP contribution in [0.25, 0.3) is 0 Å². The lowest BCUT2D eigenvalue weighted by Gasteiger charge is -2.17. The van der Waals surface area contributed by atoms with Crippen LogP contribution in [0.15, 0.2) is 24.3 Å². The van der Waals surface area contributed by atoms with Gasteiger partial charge in [-0.05, 0) is 11.1 Å². The maximum absolute atomic E-state index is 5.95. The fraction of sp³-hybridized carbons (Fsp3) is 0.333. The minimum absolute atomic E-state index is 0.0388. The van der Waals surface area contributed by atoms with Crippen molar-refractivity contribution in [1.82, 2.24) is 0 Å². The Hall–Kier alpha value is 0.787. The van der Waals surface area contributed by atoms with Crippen LogP contribution in [-0.2, 0) is 5.33 Å². The highest BCUT2D eigenvalue weighted by Crippen LogP contribution is 2.36. The highest BCUT2D eigenvalue weighted by Gasteiger charge is 2.34. The summed E-state index contributed by atoms with van der Waals surface area (Å²) in [5.41, 5.74) is 2.37. The van der Waals surface area contributed by atoms with Crippen LogP contribution in [0.4, 0.5) is 0 Å². The first-order valence-electron chi connectivity index (χ1n) is 4.16. The first kappa shape index (κ1) is 12.9. The fourth-order valence-corrected chi connectivity index (χ4v) is 3.16. The van der Waals surface area contributed by atoms with E-state index in [4.69, 9.17) is 33.2 Å². The lowest BCUT2D eigenvalue weighted by atomic mass is 10.1. The molecule has 0 aliphatic heterocycles. The molecular weight excluding hydrogens is 322 g/mol. The topological polar surface area (TPSA) is 0 Å². The van der Waals surface area contributed by atoms with Crippen LogP contribution in [0.5, 0.6) is 0 Å². The largest absolute Gasteiger partial charge is 0.348 e. The van der Waals surface area contributed by atoms with Gasteiger partial charge in [-0.15, -0.1) is 33.2 Å². The third kappa shape index (κ3) is 3.42. The second-order valence-electron chi connectivity index (χ2n) is 3.14. The molecule has 78 valence electrons. The normalized spacial score (nSPS) is 14.1. The average molecular weight is 333 g/mol. The third-order valence-corrected chi connectivity index (χ3v) is 7.03. The van der Waals surface area contributed by atoms with Gasteiger partial charge in [0.1, 0.15) is 0 Å². The molecule has 1 unspecified atom stereocenters. The van der Waals surface area contributed by atoms with E-state index in [1.54, 1.807) is 0 Å². The molecule has 0 aliphatic carbocycles. The van der Waals surface area contributed by atoms with E-state index in [9.17, 15) is 0 Å². The van der Waals surface area contributed by atoms with Crippen LogP contribution in [0.2, 0.25) is 0 Å². The lowest BCUT2D eigenvalue weighted by molar-refractivity contribution is 1.06. The summed E-state index contributed by atoms with van der Waals surface area (Å²) < 4.78 is 0. The summed E-state index contributed by atoms with van der Waals surface area (Å²) in [7, 11) is 0. The number of hydrogen-bond acceptors (Lipinski definition) is 0. The SMILES string of the molecule is CC(c1ccc(CBr)cc1)[Si](Cl)(Cl)Cl. The summed E-state index contributed by atoms with van der Waals surface area (Å²) >= 11 is 21.2. The van der Waals surface area contributed by atoms with Gasteiger partial charge in [0.05, 0.1) is 0 Å². The Morgan fingerprint density at radius 1 is 1.21 bits per heavy atom. The number of halogens is 4. The molecule has 0 radical (unpaired) electrons. The molecule has 0 amide bonds. The van der Waals surface area contributed by atoms with Crippen LogP contribution in [0, 0.1) is 0 Å². The van der Waals surface area contributed by atoms with Crippen molar-refractivity contribution in [3.8, 4) is 0 Å². The molecule has 0 saturated heterocycles. The summed E-state index contributed by atoms with van der Waals surface area (Å²) in [6.45, 7) is 1.96. The molecule has 0 aromatic heterocycles. The predicted molar refractivity (Wildman–Crippen MR) is 70.8 cm³/mol. The monoisotopic (exact) mass is 330 g/mol. The van der Waals surface area contributed by atoms with E-state index >= 15 is 0 Å². The Morgan fingerprint density at radius 3 is 2.07 bits per heavy atom. The fourth-order valence-electron chi connectivity index (χ4n) is 1.08. The number of rotatable bonds is 3. The van der Waals surface area contributed by atoms with Crippen molar-refractivity contribution in [2.24, 2.45) is 0 Å². The summed E-state index contributed by atoms with van der Waals surface area (Å²) in [4.78, 5) is 0. The van der Waals surface area contributed by atoms with E-state index in [1.807, 2.05) is 31.2 Å². The Bertz CT molecular complexity index is 294. The van der Waals surface area contributed by atoms with Crippen molar-refractivity contribution in [3.63, 3.8) is 0 Å². The second-order valence-corrected chi connectivity index (χ2v) is 12.8. The van der Waals surface area contributed by atoms with Crippen molar-refractivity contribution in [3.05, 3.63) is 35.4 Å². The van der Waals surface area contributed by atoms with Gasteiger partial charge < -0.3 is 0 Å². The molecule has 0 spiro atoms. The molecule has 0 heterocycles. The Balaban J connectivity index is 2.87. The van der Waals surface area contributed by atoms with Crippen LogP contribution in [0.1, 0.15) is 23.6 Å². The van der Waals surface area contributed by atoms with Crippen molar-refractivity contribution >= 4 is 55.2 Å². The molecule has 0 N–H and O–H groups in total. The molecule has 0 bridgehead atoms. The van der Waals surface area contributed by atoms with Gasteiger partial charge in [0.2, 0.25) is 0 Å². The molecular formula is C9H10BrCl3Si. The molecule has 1 aromatic rings. The van der Waals surface area contributed by atoms with Gasteiger partial charge in [-0.25, -0.2) is 0 Å². The van der Waals surface area contributed by atoms with Gasteiger partial charge >= 0.3 is 6.00 Å². The smallest absolute Gasteiger partial charge is 0.125 e. The van der Waals surface area contributed by atoms with Crippen molar-refractivity contribution < 1.29 is 0 Å². The van der Waals surface area contributed by atoms with Crippen LogP contribution >= 0.6 is 49.2 Å². The average Bonchev–Trinajstić information content (AvgIpc) is 2.15. The zero-order chi connectivity index (χ0) is 10.8. The van der Waals surface area contributed by atoms with E-state index in [0.717, 1.165) is 10.9 Å². The molecule has 14 heavy (non-hydrogen) atoms. The zero-order valence-electron chi connectivity index (χ0n) is 7.61. The van der Waals surface area contributed by atoms with Gasteiger partial charge in [0, 0.05) is 10.9 Å². The number of benzene rings is 1. The first-order chi connectivity index (χ1) is 6.45. The predicted octanol–water partition coefficient (Wildman–Crippen LogP) is 4.88. The maximum atomic E-state index is 5.95. The summed E-state index contributed by atoms with van der Waals surface area (Å²) in [5, 5.41) is 0.854. The summed E-state index contributed by atoms with van der Waals surface area (Å²) in [5.74, 6) is 0. The van der Waals surface area contributed by atoms with Crippen LogP contribution in [0.3, 0.4) is 0 Å². The van der Waals surface area contributed by atoms with Crippen LogP contribution in [-0.4, -0.2) is 6.00 Å².